The first kappa shape index (κ1) is 20.0. The van der Waals surface area contributed by atoms with Crippen LogP contribution in [-0.2, 0) is 4.79 Å². The summed E-state index contributed by atoms with van der Waals surface area (Å²) in [6.45, 7) is 0.396. The maximum atomic E-state index is 14.2. The average molecular weight is 396 g/mol. The Balaban J connectivity index is 0.00000117. The molecule has 0 saturated carbocycles. The second-order valence-electron chi connectivity index (χ2n) is 5.05. The normalized spacial score (nSPS) is 10.2. The number of benzene rings is 2. The third-order valence-corrected chi connectivity index (χ3v) is 4.26. The average Bonchev–Trinajstić information content (AvgIpc) is 2.67. The number of nitrogens with zero attached hydrogens (tertiary/aromatic N) is 2. The third-order valence-electron chi connectivity index (χ3n) is 3.52. The van der Waals surface area contributed by atoms with E-state index < -0.39 is 5.82 Å². The number of aliphatic hydroxyl groups is 1. The first-order chi connectivity index (χ1) is 12.6. The molecule has 0 spiro atoms. The van der Waals surface area contributed by atoms with E-state index >= 15 is 0 Å². The highest BCUT2D eigenvalue weighted by Crippen LogP contribution is 2.35. The molecule has 0 unspecified atom stereocenters. The number of carbonyl (C=O) groups is 1. The maximum absolute atomic E-state index is 14.2. The number of anilines is 1. The zero-order valence-corrected chi connectivity index (χ0v) is 15.4. The summed E-state index contributed by atoms with van der Waals surface area (Å²) in [5.41, 5.74) is 1.68. The van der Waals surface area contributed by atoms with Crippen LogP contribution in [0, 0.1) is 5.82 Å². The van der Waals surface area contributed by atoms with Crippen molar-refractivity contribution in [1.82, 2.24) is 9.97 Å². The molecule has 136 valence electrons. The van der Waals surface area contributed by atoms with Gasteiger partial charge >= 0.3 is 0 Å². The highest BCUT2D eigenvalue weighted by atomic mass is 35.5. The lowest BCUT2D eigenvalue weighted by Crippen LogP contribution is -2.05. The van der Waals surface area contributed by atoms with Gasteiger partial charge in [0.05, 0.1) is 15.4 Å². The third kappa shape index (κ3) is 4.27. The lowest BCUT2D eigenvalue weighted by molar-refractivity contribution is -0.107. The lowest BCUT2D eigenvalue weighted by Gasteiger charge is -2.12. The number of aldehydes is 1. The van der Waals surface area contributed by atoms with E-state index in [0.29, 0.717) is 34.2 Å². The van der Waals surface area contributed by atoms with Gasteiger partial charge in [-0.25, -0.2) is 14.4 Å². The van der Waals surface area contributed by atoms with Crippen LogP contribution >= 0.6 is 23.2 Å². The van der Waals surface area contributed by atoms with E-state index in [2.05, 4.69) is 15.3 Å². The molecule has 0 atom stereocenters. The van der Waals surface area contributed by atoms with Crippen molar-refractivity contribution in [2.24, 2.45) is 0 Å². The Hall–Kier alpha value is -2.28. The molecule has 0 aliphatic rings. The number of carbonyl (C=O) groups excluding carboxylic acids is 1. The molecule has 3 rings (SSSR count). The summed E-state index contributed by atoms with van der Waals surface area (Å²) in [5.74, 6) is 0.0112. The zero-order valence-electron chi connectivity index (χ0n) is 13.8. The topological polar surface area (TPSA) is 75.1 Å². The number of hydrogen-bond acceptors (Lipinski definition) is 5. The second kappa shape index (κ2) is 9.43. The number of rotatable bonds is 5. The number of fused-ring (bicyclic) bond motifs is 1. The largest absolute Gasteiger partial charge is 0.400 e. The molecule has 1 aromatic heterocycles. The molecule has 26 heavy (non-hydrogen) atoms. The Morgan fingerprint density at radius 2 is 1.92 bits per heavy atom. The van der Waals surface area contributed by atoms with Gasteiger partial charge in [0.25, 0.3) is 0 Å². The SMILES string of the molecule is CO.O=CCCNc1ncnc2c(F)ccc(-c3ccc(Cl)c(Cl)c3)c12. The van der Waals surface area contributed by atoms with Crippen molar-refractivity contribution >= 4 is 46.2 Å². The number of aromatic nitrogens is 2. The Labute approximate surface area is 159 Å². The Morgan fingerprint density at radius 3 is 2.62 bits per heavy atom. The summed E-state index contributed by atoms with van der Waals surface area (Å²) in [4.78, 5) is 18.7. The van der Waals surface area contributed by atoms with Crippen molar-refractivity contribution in [1.29, 1.82) is 0 Å². The summed E-state index contributed by atoms with van der Waals surface area (Å²) >= 11 is 12.1. The van der Waals surface area contributed by atoms with Gasteiger partial charge in [-0.1, -0.05) is 35.3 Å². The molecule has 8 heteroatoms. The molecule has 0 amide bonds. The number of halogens is 3. The quantitative estimate of drug-likeness (QED) is 0.495. The second-order valence-corrected chi connectivity index (χ2v) is 5.87. The Morgan fingerprint density at radius 1 is 1.15 bits per heavy atom. The molecule has 0 bridgehead atoms. The van der Waals surface area contributed by atoms with Gasteiger partial charge in [0.15, 0.2) is 0 Å². The molecular weight excluding hydrogens is 380 g/mol. The molecule has 0 aliphatic carbocycles. The minimum Gasteiger partial charge on any atom is -0.400 e. The molecule has 0 aliphatic heterocycles. The summed E-state index contributed by atoms with van der Waals surface area (Å²) in [7, 11) is 1.00. The fourth-order valence-corrected chi connectivity index (χ4v) is 2.73. The van der Waals surface area contributed by atoms with Gasteiger partial charge in [-0.05, 0) is 29.3 Å². The highest BCUT2D eigenvalue weighted by molar-refractivity contribution is 6.42. The van der Waals surface area contributed by atoms with Crippen LogP contribution in [0.3, 0.4) is 0 Å². The van der Waals surface area contributed by atoms with Crippen LogP contribution < -0.4 is 5.32 Å². The van der Waals surface area contributed by atoms with Crippen LogP contribution in [0.2, 0.25) is 10.0 Å². The van der Waals surface area contributed by atoms with E-state index in [1.54, 1.807) is 24.3 Å². The van der Waals surface area contributed by atoms with Crippen molar-refractivity contribution in [3.63, 3.8) is 0 Å². The highest BCUT2D eigenvalue weighted by Gasteiger charge is 2.14. The number of nitrogens with one attached hydrogen (secondary N) is 1. The van der Waals surface area contributed by atoms with E-state index in [1.807, 2.05) is 0 Å². The van der Waals surface area contributed by atoms with Gasteiger partial charge < -0.3 is 15.2 Å². The fourth-order valence-electron chi connectivity index (χ4n) is 2.43. The molecule has 2 aromatic carbocycles. The summed E-state index contributed by atoms with van der Waals surface area (Å²) in [6.07, 6.45) is 2.41. The van der Waals surface area contributed by atoms with Crippen LogP contribution in [0.1, 0.15) is 6.42 Å². The molecular formula is C18H16Cl2FN3O2. The van der Waals surface area contributed by atoms with E-state index in [-0.39, 0.29) is 5.52 Å². The lowest BCUT2D eigenvalue weighted by atomic mass is 10.0. The Bertz CT molecular complexity index is 922. The summed E-state index contributed by atoms with van der Waals surface area (Å²) < 4.78 is 14.2. The van der Waals surface area contributed by atoms with Crippen LogP contribution in [0.15, 0.2) is 36.7 Å². The van der Waals surface area contributed by atoms with E-state index in [4.69, 9.17) is 28.3 Å². The van der Waals surface area contributed by atoms with Gasteiger partial charge in [-0.3, -0.25) is 0 Å². The Kier molecular flexibility index (Phi) is 7.26. The van der Waals surface area contributed by atoms with Crippen LogP contribution in [0.4, 0.5) is 10.2 Å². The van der Waals surface area contributed by atoms with Crippen molar-refractivity contribution in [3.8, 4) is 11.1 Å². The predicted octanol–water partition coefficient (Wildman–Crippen LogP) is 4.35. The summed E-state index contributed by atoms with van der Waals surface area (Å²) in [6, 6.07) is 8.17. The van der Waals surface area contributed by atoms with Gasteiger partial charge in [0, 0.05) is 20.1 Å². The van der Waals surface area contributed by atoms with Crippen molar-refractivity contribution < 1.29 is 14.3 Å². The first-order valence-electron chi connectivity index (χ1n) is 7.62. The van der Waals surface area contributed by atoms with Gasteiger partial charge in [-0.15, -0.1) is 0 Å². The van der Waals surface area contributed by atoms with Crippen LogP contribution in [-0.4, -0.2) is 35.0 Å². The van der Waals surface area contributed by atoms with Crippen molar-refractivity contribution in [3.05, 3.63) is 52.5 Å². The smallest absolute Gasteiger partial charge is 0.149 e. The molecule has 1 heterocycles. The number of aliphatic hydroxyl groups excluding tert-OH is 1. The first-order valence-corrected chi connectivity index (χ1v) is 8.38. The molecule has 3 aromatic rings. The number of hydrogen-bond donors (Lipinski definition) is 2. The molecule has 5 nitrogen and oxygen atoms in total. The van der Waals surface area contributed by atoms with Crippen molar-refractivity contribution in [2.75, 3.05) is 19.0 Å². The minimum absolute atomic E-state index is 0.196. The van der Waals surface area contributed by atoms with E-state index in [1.165, 1.54) is 12.4 Å². The van der Waals surface area contributed by atoms with E-state index in [0.717, 1.165) is 24.5 Å². The monoisotopic (exact) mass is 395 g/mol. The standard InChI is InChI=1S/C17H12Cl2FN3O.CH4O/c18-12-4-2-10(8-13(12)19)11-3-5-14(20)16-15(11)17(23-9-22-16)21-6-1-7-24;1-2/h2-5,7-9H,1,6H2,(H,21,22,23);2H,1H3. The van der Waals surface area contributed by atoms with Gasteiger partial charge in [-0.2, -0.15) is 0 Å². The van der Waals surface area contributed by atoms with Crippen LogP contribution in [0.25, 0.3) is 22.0 Å². The predicted molar refractivity (Wildman–Crippen MR) is 102 cm³/mol. The molecule has 2 N–H and O–H groups in total. The molecule has 0 radical (unpaired) electrons. The minimum atomic E-state index is -0.449. The van der Waals surface area contributed by atoms with Gasteiger partial charge in [0.1, 0.15) is 29.8 Å². The molecule has 0 fully saturated rings. The maximum Gasteiger partial charge on any atom is 0.149 e. The summed E-state index contributed by atoms with van der Waals surface area (Å²) in [5, 5.41) is 11.4. The van der Waals surface area contributed by atoms with Crippen molar-refractivity contribution in [2.45, 2.75) is 6.42 Å². The fraction of sp³-hybridized carbons (Fsp3) is 0.167. The zero-order chi connectivity index (χ0) is 19.1. The van der Waals surface area contributed by atoms with E-state index in [9.17, 15) is 9.18 Å². The van der Waals surface area contributed by atoms with Gasteiger partial charge in [0.2, 0.25) is 0 Å². The van der Waals surface area contributed by atoms with Crippen LogP contribution in [0.5, 0.6) is 0 Å². The molecule has 0 saturated heterocycles.